The molecule has 1 aliphatic rings. The van der Waals surface area contributed by atoms with E-state index in [1.54, 1.807) is 24.3 Å². The van der Waals surface area contributed by atoms with E-state index in [9.17, 15) is 18.0 Å². The molecule has 0 aliphatic carbocycles. The fourth-order valence-corrected chi connectivity index (χ4v) is 5.11. The predicted octanol–water partition coefficient (Wildman–Crippen LogP) is 1.87. The van der Waals surface area contributed by atoms with Crippen LogP contribution in [0.25, 0.3) is 5.69 Å². The lowest BCUT2D eigenvalue weighted by atomic mass is 10.2. The molecule has 0 saturated heterocycles. The van der Waals surface area contributed by atoms with Crippen molar-refractivity contribution in [3.63, 3.8) is 0 Å². The summed E-state index contributed by atoms with van der Waals surface area (Å²) in [5.41, 5.74) is 3.06. The number of carbonyl (C=O) groups excluding carboxylic acids is 2. The molecule has 0 atom stereocenters. The Morgan fingerprint density at radius 2 is 1.78 bits per heavy atom. The Morgan fingerprint density at radius 3 is 2.53 bits per heavy atom. The van der Waals surface area contributed by atoms with Crippen LogP contribution in [-0.4, -0.2) is 37.1 Å². The van der Waals surface area contributed by atoms with Crippen LogP contribution in [0.4, 0.5) is 5.82 Å². The summed E-state index contributed by atoms with van der Waals surface area (Å²) in [6.07, 6.45) is 0. The van der Waals surface area contributed by atoms with Crippen LogP contribution in [0.15, 0.2) is 48.5 Å². The first-order valence-electron chi connectivity index (χ1n) is 9.87. The molecule has 10 heteroatoms. The van der Waals surface area contributed by atoms with Gasteiger partial charge in [0, 0.05) is 17.7 Å². The molecule has 0 bridgehead atoms. The lowest BCUT2D eigenvalue weighted by Gasteiger charge is -2.13. The summed E-state index contributed by atoms with van der Waals surface area (Å²) in [4.78, 5) is 25.1. The van der Waals surface area contributed by atoms with Crippen molar-refractivity contribution in [3.05, 3.63) is 70.9 Å². The third kappa shape index (κ3) is 4.22. The van der Waals surface area contributed by atoms with Gasteiger partial charge in [-0.25, -0.2) is 13.1 Å². The number of amides is 2. The second-order valence-corrected chi connectivity index (χ2v) is 9.52. The van der Waals surface area contributed by atoms with Crippen molar-refractivity contribution in [2.75, 3.05) is 12.4 Å². The highest BCUT2D eigenvalue weighted by atomic mass is 32.2. The fourth-order valence-electron chi connectivity index (χ4n) is 3.62. The van der Waals surface area contributed by atoms with E-state index in [1.807, 2.05) is 31.2 Å². The minimum atomic E-state index is -3.35. The van der Waals surface area contributed by atoms with Gasteiger partial charge >= 0.3 is 11.8 Å². The Labute approximate surface area is 185 Å². The average Bonchev–Trinajstić information content (AvgIpc) is 3.24. The summed E-state index contributed by atoms with van der Waals surface area (Å²) in [5, 5.41) is 9.56. The molecule has 2 amide bonds. The predicted molar refractivity (Wildman–Crippen MR) is 118 cm³/mol. The number of hydrogen-bond donors (Lipinski definition) is 2. The van der Waals surface area contributed by atoms with Gasteiger partial charge in [0.1, 0.15) is 11.6 Å². The Bertz CT molecular complexity index is 1310. The van der Waals surface area contributed by atoms with Gasteiger partial charge in [-0.2, -0.15) is 5.10 Å². The largest absolute Gasteiger partial charge is 0.496 e. The van der Waals surface area contributed by atoms with Crippen LogP contribution < -0.4 is 15.4 Å². The van der Waals surface area contributed by atoms with Gasteiger partial charge in [-0.05, 0) is 24.6 Å². The van der Waals surface area contributed by atoms with E-state index in [0.717, 1.165) is 5.56 Å². The minimum absolute atomic E-state index is 0.0970. The quantitative estimate of drug-likeness (QED) is 0.568. The van der Waals surface area contributed by atoms with Crippen molar-refractivity contribution < 1.29 is 22.7 Å². The van der Waals surface area contributed by atoms with Crippen molar-refractivity contribution >= 4 is 27.5 Å². The Balaban J connectivity index is 1.58. The number of sulfone groups is 1. The molecule has 0 saturated carbocycles. The summed E-state index contributed by atoms with van der Waals surface area (Å²) in [6, 6.07) is 14.5. The molecule has 0 unspecified atom stereocenters. The van der Waals surface area contributed by atoms with Crippen LogP contribution in [0.5, 0.6) is 5.75 Å². The molecular weight excluding hydrogens is 432 g/mol. The van der Waals surface area contributed by atoms with E-state index >= 15 is 0 Å². The summed E-state index contributed by atoms with van der Waals surface area (Å²) in [5.74, 6) is -1.44. The Morgan fingerprint density at radius 1 is 1.06 bits per heavy atom. The molecule has 0 fully saturated rings. The first-order chi connectivity index (χ1) is 15.3. The van der Waals surface area contributed by atoms with Crippen LogP contribution in [0.3, 0.4) is 0 Å². The third-order valence-corrected chi connectivity index (χ3v) is 6.64. The van der Waals surface area contributed by atoms with Crippen LogP contribution in [0, 0.1) is 6.92 Å². The molecule has 0 radical (unpaired) electrons. The Hall–Kier alpha value is -3.66. The number of aryl methyl sites for hydroxylation is 1. The van der Waals surface area contributed by atoms with E-state index in [2.05, 4.69) is 15.7 Å². The topological polar surface area (TPSA) is 119 Å². The number of fused-ring (bicyclic) bond motifs is 1. The van der Waals surface area contributed by atoms with Gasteiger partial charge in [0.15, 0.2) is 9.84 Å². The van der Waals surface area contributed by atoms with Crippen molar-refractivity contribution in [1.29, 1.82) is 0 Å². The van der Waals surface area contributed by atoms with Crippen LogP contribution in [0.2, 0.25) is 0 Å². The summed E-state index contributed by atoms with van der Waals surface area (Å²) >= 11 is 0. The number of para-hydroxylation sites is 2. The number of anilines is 1. The average molecular weight is 455 g/mol. The highest BCUT2D eigenvalue weighted by Gasteiger charge is 2.34. The number of nitrogens with one attached hydrogen (secondary N) is 2. The molecule has 32 heavy (non-hydrogen) atoms. The number of hydrogen-bond acceptors (Lipinski definition) is 6. The highest BCUT2D eigenvalue weighted by molar-refractivity contribution is 7.90. The molecule has 2 aromatic carbocycles. The van der Waals surface area contributed by atoms with E-state index < -0.39 is 21.7 Å². The van der Waals surface area contributed by atoms with Gasteiger partial charge in [0.2, 0.25) is 0 Å². The number of carbonyl (C=O) groups is 2. The van der Waals surface area contributed by atoms with Gasteiger partial charge in [-0.15, -0.1) is 0 Å². The van der Waals surface area contributed by atoms with Gasteiger partial charge < -0.3 is 15.4 Å². The molecular formula is C22H22N4O5S. The van der Waals surface area contributed by atoms with Gasteiger partial charge in [-0.3, -0.25) is 9.59 Å². The van der Waals surface area contributed by atoms with Crippen molar-refractivity contribution in [2.24, 2.45) is 0 Å². The van der Waals surface area contributed by atoms with Gasteiger partial charge in [0.05, 0.1) is 30.0 Å². The lowest BCUT2D eigenvalue weighted by molar-refractivity contribution is -0.136. The number of benzene rings is 2. The van der Waals surface area contributed by atoms with Gasteiger partial charge in [0.25, 0.3) is 0 Å². The summed E-state index contributed by atoms with van der Waals surface area (Å²) in [7, 11) is -1.82. The Kier molecular flexibility index (Phi) is 5.70. The van der Waals surface area contributed by atoms with Crippen molar-refractivity contribution in [3.8, 4) is 11.4 Å². The zero-order valence-electron chi connectivity index (χ0n) is 17.6. The van der Waals surface area contributed by atoms with Crippen molar-refractivity contribution in [1.82, 2.24) is 15.1 Å². The second-order valence-electron chi connectivity index (χ2n) is 7.45. The third-order valence-electron chi connectivity index (χ3n) is 5.20. The SMILES string of the molecule is COc1ccccc1CNC(=O)C(=O)Nc1c2c(nn1-c1ccccc1C)CS(=O)(=O)C2. The normalized spacial score (nSPS) is 13.9. The zero-order valence-corrected chi connectivity index (χ0v) is 18.4. The van der Waals surface area contributed by atoms with E-state index in [0.29, 0.717) is 28.3 Å². The number of nitrogens with zero attached hydrogens (tertiary/aromatic N) is 2. The lowest BCUT2D eigenvalue weighted by Crippen LogP contribution is -2.35. The first-order valence-corrected chi connectivity index (χ1v) is 11.7. The van der Waals surface area contributed by atoms with E-state index in [-0.39, 0.29) is 23.9 Å². The molecule has 166 valence electrons. The maximum absolute atomic E-state index is 12.7. The molecule has 2 N–H and O–H groups in total. The highest BCUT2D eigenvalue weighted by Crippen LogP contribution is 2.33. The van der Waals surface area contributed by atoms with Crippen LogP contribution >= 0.6 is 0 Å². The second kappa shape index (κ2) is 8.46. The molecule has 9 nitrogen and oxygen atoms in total. The molecule has 0 spiro atoms. The smallest absolute Gasteiger partial charge is 0.314 e. The standard InChI is InChI=1S/C22H22N4O5S/c1-14-7-3-5-9-18(14)26-20(16-12-32(29,30)13-17(16)25-26)24-22(28)21(27)23-11-15-8-4-6-10-19(15)31-2/h3-10H,11-13H2,1-2H3,(H,23,27)(H,24,28). The number of ether oxygens (including phenoxy) is 1. The first kappa shape index (κ1) is 21.6. The number of methoxy groups -OCH3 is 1. The monoisotopic (exact) mass is 454 g/mol. The maximum atomic E-state index is 12.7. The molecule has 2 heterocycles. The molecule has 4 rings (SSSR count). The van der Waals surface area contributed by atoms with Gasteiger partial charge in [-0.1, -0.05) is 36.4 Å². The van der Waals surface area contributed by atoms with Crippen LogP contribution in [0.1, 0.15) is 22.4 Å². The van der Waals surface area contributed by atoms with Crippen molar-refractivity contribution in [2.45, 2.75) is 25.0 Å². The molecule has 1 aromatic heterocycles. The fraction of sp³-hybridized carbons (Fsp3) is 0.227. The summed E-state index contributed by atoms with van der Waals surface area (Å²) in [6.45, 7) is 1.98. The zero-order chi connectivity index (χ0) is 22.9. The van der Waals surface area contributed by atoms with Crippen LogP contribution in [-0.2, 0) is 37.5 Å². The number of aromatic nitrogens is 2. The maximum Gasteiger partial charge on any atom is 0.314 e. The van der Waals surface area contributed by atoms with E-state index in [1.165, 1.54) is 11.8 Å². The molecule has 3 aromatic rings. The minimum Gasteiger partial charge on any atom is -0.496 e. The number of rotatable bonds is 5. The van der Waals surface area contributed by atoms with E-state index in [4.69, 9.17) is 4.74 Å². The summed E-state index contributed by atoms with van der Waals surface area (Å²) < 4.78 is 30.9. The molecule has 1 aliphatic heterocycles.